The number of rotatable bonds is 38. The summed E-state index contributed by atoms with van der Waals surface area (Å²) in [7, 11) is 0. The lowest BCUT2D eigenvalue weighted by molar-refractivity contribution is -0.167. The SMILES string of the molecule is CCCCCC/C=C\CCCC(=O)OCC(COC(=O)CCCCC/C=C\CCCCCCCC)OC(=O)CCCCCCCCCCCC. The van der Waals surface area contributed by atoms with Crippen molar-refractivity contribution in [2.75, 3.05) is 13.2 Å². The number of carbonyl (C=O) groups is 3. The Morgan fingerprint density at radius 1 is 0.380 bits per heavy atom. The highest BCUT2D eigenvalue weighted by atomic mass is 16.6. The zero-order valence-electron chi connectivity index (χ0n) is 33.2. The van der Waals surface area contributed by atoms with Gasteiger partial charge in [0.15, 0.2) is 6.10 Å². The van der Waals surface area contributed by atoms with E-state index < -0.39 is 6.10 Å². The second-order valence-electron chi connectivity index (χ2n) is 14.3. The lowest BCUT2D eigenvalue weighted by Gasteiger charge is -2.18. The topological polar surface area (TPSA) is 78.9 Å². The van der Waals surface area contributed by atoms with Crippen LogP contribution in [0, 0.1) is 0 Å². The molecule has 0 aliphatic carbocycles. The van der Waals surface area contributed by atoms with Crippen LogP contribution in [0.25, 0.3) is 0 Å². The van der Waals surface area contributed by atoms with Gasteiger partial charge in [-0.05, 0) is 64.2 Å². The molecule has 0 aliphatic rings. The van der Waals surface area contributed by atoms with Crippen LogP contribution in [0.1, 0.15) is 220 Å². The Morgan fingerprint density at radius 3 is 1.12 bits per heavy atom. The molecule has 0 heterocycles. The van der Waals surface area contributed by atoms with Crippen molar-refractivity contribution in [3.05, 3.63) is 24.3 Å². The smallest absolute Gasteiger partial charge is 0.306 e. The van der Waals surface area contributed by atoms with Crippen LogP contribution in [-0.2, 0) is 28.6 Å². The fraction of sp³-hybridized carbons (Fsp3) is 0.841. The Labute approximate surface area is 309 Å². The molecule has 0 rings (SSSR count). The number of allylic oxidation sites excluding steroid dienone is 4. The molecule has 0 amide bonds. The van der Waals surface area contributed by atoms with E-state index in [2.05, 4.69) is 45.1 Å². The first-order chi connectivity index (χ1) is 24.5. The minimum atomic E-state index is -0.779. The molecule has 0 saturated carbocycles. The molecule has 6 nitrogen and oxygen atoms in total. The Morgan fingerprint density at radius 2 is 0.680 bits per heavy atom. The first kappa shape index (κ1) is 47.9. The molecule has 50 heavy (non-hydrogen) atoms. The van der Waals surface area contributed by atoms with E-state index in [1.807, 2.05) is 0 Å². The van der Waals surface area contributed by atoms with Crippen molar-refractivity contribution in [1.82, 2.24) is 0 Å². The van der Waals surface area contributed by atoms with Crippen molar-refractivity contribution in [3.63, 3.8) is 0 Å². The van der Waals surface area contributed by atoms with E-state index in [9.17, 15) is 14.4 Å². The molecule has 0 N–H and O–H groups in total. The van der Waals surface area contributed by atoms with Gasteiger partial charge in [-0.1, -0.05) is 161 Å². The van der Waals surface area contributed by atoms with Crippen LogP contribution < -0.4 is 0 Å². The van der Waals surface area contributed by atoms with Crippen LogP contribution >= 0.6 is 0 Å². The first-order valence-corrected chi connectivity index (χ1v) is 21.3. The Hall–Kier alpha value is -2.11. The number of carbonyl (C=O) groups excluding carboxylic acids is 3. The summed E-state index contributed by atoms with van der Waals surface area (Å²) in [5.41, 5.74) is 0. The molecule has 0 saturated heterocycles. The summed E-state index contributed by atoms with van der Waals surface area (Å²) in [6.45, 7) is 6.53. The summed E-state index contributed by atoms with van der Waals surface area (Å²) in [4.78, 5) is 37.5. The molecule has 0 aliphatic heterocycles. The maximum Gasteiger partial charge on any atom is 0.306 e. The summed E-state index contributed by atoms with van der Waals surface area (Å²) in [6.07, 6.45) is 41.7. The maximum absolute atomic E-state index is 12.6. The molecule has 292 valence electrons. The third-order valence-electron chi connectivity index (χ3n) is 9.18. The van der Waals surface area contributed by atoms with Crippen molar-refractivity contribution in [1.29, 1.82) is 0 Å². The zero-order chi connectivity index (χ0) is 36.6. The number of hydrogen-bond acceptors (Lipinski definition) is 6. The molecule has 0 fully saturated rings. The van der Waals surface area contributed by atoms with Crippen molar-refractivity contribution >= 4 is 17.9 Å². The van der Waals surface area contributed by atoms with Gasteiger partial charge in [-0.25, -0.2) is 0 Å². The molecule has 0 aromatic rings. The second-order valence-corrected chi connectivity index (χ2v) is 14.3. The van der Waals surface area contributed by atoms with Gasteiger partial charge < -0.3 is 14.2 Å². The monoisotopic (exact) mass is 705 g/mol. The van der Waals surface area contributed by atoms with Crippen LogP contribution in [0.4, 0.5) is 0 Å². The highest BCUT2D eigenvalue weighted by Gasteiger charge is 2.19. The molecule has 6 heteroatoms. The van der Waals surface area contributed by atoms with Crippen molar-refractivity contribution in [3.8, 4) is 0 Å². The number of ether oxygens (including phenoxy) is 3. The quantitative estimate of drug-likeness (QED) is 0.0275. The maximum atomic E-state index is 12.6. The van der Waals surface area contributed by atoms with Crippen LogP contribution in [-0.4, -0.2) is 37.2 Å². The minimum absolute atomic E-state index is 0.0855. The molecule has 1 atom stereocenters. The van der Waals surface area contributed by atoms with Crippen LogP contribution in [0.3, 0.4) is 0 Å². The Kier molecular flexibility index (Phi) is 38.0. The normalized spacial score (nSPS) is 12.1. The van der Waals surface area contributed by atoms with Crippen LogP contribution in [0.2, 0.25) is 0 Å². The van der Waals surface area contributed by atoms with Gasteiger partial charge in [0.1, 0.15) is 13.2 Å². The summed E-state index contributed by atoms with van der Waals surface area (Å²) >= 11 is 0. The van der Waals surface area contributed by atoms with Gasteiger partial charge >= 0.3 is 17.9 Å². The molecule has 1 unspecified atom stereocenters. The Balaban J connectivity index is 4.39. The molecular weight excluding hydrogens is 624 g/mol. The third kappa shape index (κ3) is 37.2. The van der Waals surface area contributed by atoms with E-state index in [0.29, 0.717) is 19.3 Å². The van der Waals surface area contributed by atoms with Gasteiger partial charge in [-0.15, -0.1) is 0 Å². The van der Waals surface area contributed by atoms with E-state index in [4.69, 9.17) is 14.2 Å². The predicted octanol–water partition coefficient (Wildman–Crippen LogP) is 13.2. The third-order valence-corrected chi connectivity index (χ3v) is 9.18. The largest absolute Gasteiger partial charge is 0.462 e. The van der Waals surface area contributed by atoms with Gasteiger partial charge in [0.05, 0.1) is 0 Å². The lowest BCUT2D eigenvalue weighted by Crippen LogP contribution is -2.30. The molecule has 0 radical (unpaired) electrons. The van der Waals surface area contributed by atoms with Gasteiger partial charge in [0, 0.05) is 19.3 Å². The van der Waals surface area contributed by atoms with E-state index >= 15 is 0 Å². The van der Waals surface area contributed by atoms with Gasteiger partial charge in [0.25, 0.3) is 0 Å². The van der Waals surface area contributed by atoms with Gasteiger partial charge in [-0.2, -0.15) is 0 Å². The minimum Gasteiger partial charge on any atom is -0.462 e. The highest BCUT2D eigenvalue weighted by molar-refractivity contribution is 5.71. The summed E-state index contributed by atoms with van der Waals surface area (Å²) in [5, 5.41) is 0. The zero-order valence-corrected chi connectivity index (χ0v) is 33.2. The summed E-state index contributed by atoms with van der Waals surface area (Å²) in [5.74, 6) is -0.938. The standard InChI is InChI=1S/C44H80O6/c1-4-7-10-13-16-19-21-22-23-26-28-31-34-37-43(46)49-40-41(39-48-42(45)36-33-30-27-24-18-15-12-9-6-3)50-44(47)38-35-32-29-25-20-17-14-11-8-5-2/h22-24,27,41H,4-21,25-26,28-40H2,1-3H3/b23-22-,27-24-. The second kappa shape index (κ2) is 39.7. The van der Waals surface area contributed by atoms with Crippen LogP contribution in [0.5, 0.6) is 0 Å². The first-order valence-electron chi connectivity index (χ1n) is 21.3. The van der Waals surface area contributed by atoms with Crippen molar-refractivity contribution in [2.45, 2.75) is 226 Å². The summed E-state index contributed by atoms with van der Waals surface area (Å²) in [6, 6.07) is 0. The average molecular weight is 705 g/mol. The average Bonchev–Trinajstić information content (AvgIpc) is 3.11. The fourth-order valence-electron chi connectivity index (χ4n) is 5.91. The number of hydrogen-bond donors (Lipinski definition) is 0. The van der Waals surface area contributed by atoms with Gasteiger partial charge in [0.2, 0.25) is 0 Å². The Bertz CT molecular complexity index is 819. The fourth-order valence-corrected chi connectivity index (χ4v) is 5.91. The molecule has 0 bridgehead atoms. The van der Waals surface area contributed by atoms with E-state index in [1.165, 1.54) is 109 Å². The van der Waals surface area contributed by atoms with Gasteiger partial charge in [-0.3, -0.25) is 14.4 Å². The van der Waals surface area contributed by atoms with E-state index in [0.717, 1.165) is 70.6 Å². The van der Waals surface area contributed by atoms with E-state index in [1.54, 1.807) is 0 Å². The molecule has 0 spiro atoms. The highest BCUT2D eigenvalue weighted by Crippen LogP contribution is 2.13. The molecule has 0 aromatic heterocycles. The predicted molar refractivity (Wildman–Crippen MR) is 210 cm³/mol. The van der Waals surface area contributed by atoms with E-state index in [-0.39, 0.29) is 31.1 Å². The van der Waals surface area contributed by atoms with Crippen molar-refractivity contribution in [2.24, 2.45) is 0 Å². The molecular formula is C44H80O6. The summed E-state index contributed by atoms with van der Waals surface area (Å²) < 4.78 is 16.6. The molecule has 0 aromatic carbocycles. The van der Waals surface area contributed by atoms with Crippen molar-refractivity contribution < 1.29 is 28.6 Å². The van der Waals surface area contributed by atoms with Crippen LogP contribution in [0.15, 0.2) is 24.3 Å². The number of esters is 3. The lowest BCUT2D eigenvalue weighted by atomic mass is 10.1. The number of unbranched alkanes of at least 4 members (excludes halogenated alkanes) is 23.